The van der Waals surface area contributed by atoms with Crippen LogP contribution in [0.2, 0.25) is 0 Å². The molecule has 4 amide bonds. The molecule has 0 radical (unpaired) electrons. The van der Waals surface area contributed by atoms with Crippen LogP contribution in [0.25, 0.3) is 0 Å². The van der Waals surface area contributed by atoms with Crippen molar-refractivity contribution in [1.29, 1.82) is 0 Å². The number of carbonyl (C=O) groups excluding carboxylic acids is 4. The first-order chi connectivity index (χ1) is 18.6. The SMILES string of the molecule is CC[C@H](C)[C@H](NC(=O)CCC(C)C(=O)O)C(=O)NCC(=O)N1c2ccccc2C[C@H]1C(=O)NCc1nn[nH]n1. The lowest BCUT2D eigenvalue weighted by molar-refractivity contribution is -0.141. The second-order valence-electron chi connectivity index (χ2n) is 9.58. The summed E-state index contributed by atoms with van der Waals surface area (Å²) in [4.78, 5) is 64.2. The standard InChI is InChI=1S/C25H34N8O6/c1-4-14(2)22(28-20(34)10-9-15(3)25(38)39)24(37)27-13-21(35)33-17-8-6-5-7-16(17)11-18(33)23(36)26-12-19-29-31-32-30-19/h5-8,14-15,18,22H,4,9-13H2,1-3H3,(H,26,36)(H,27,37)(H,28,34)(H,38,39)(H,29,30,31,32)/t14-,15?,18-,22-/m0/s1. The summed E-state index contributed by atoms with van der Waals surface area (Å²) in [6.45, 7) is 4.82. The van der Waals surface area contributed by atoms with E-state index in [0.29, 0.717) is 24.4 Å². The summed E-state index contributed by atoms with van der Waals surface area (Å²) in [6.07, 6.45) is 0.977. The van der Waals surface area contributed by atoms with Crippen LogP contribution in [0.15, 0.2) is 24.3 Å². The molecule has 5 N–H and O–H groups in total. The number of carboxylic acids is 1. The van der Waals surface area contributed by atoms with Crippen molar-refractivity contribution in [2.45, 2.75) is 65.1 Å². The van der Waals surface area contributed by atoms with Crippen molar-refractivity contribution < 1.29 is 29.1 Å². The van der Waals surface area contributed by atoms with Gasteiger partial charge in [-0.25, -0.2) is 0 Å². The average Bonchev–Trinajstić information content (AvgIpc) is 3.59. The molecule has 2 heterocycles. The molecule has 1 aromatic heterocycles. The number of hydrogen-bond acceptors (Lipinski definition) is 8. The fraction of sp³-hybridized carbons (Fsp3) is 0.520. The number of nitrogens with one attached hydrogen (secondary N) is 4. The van der Waals surface area contributed by atoms with Crippen molar-refractivity contribution in [2.24, 2.45) is 11.8 Å². The fourth-order valence-electron chi connectivity index (χ4n) is 4.22. The quantitative estimate of drug-likeness (QED) is 0.230. The molecule has 0 aliphatic carbocycles. The number of anilines is 1. The van der Waals surface area contributed by atoms with Gasteiger partial charge in [0.1, 0.15) is 12.1 Å². The second kappa shape index (κ2) is 13.4. The molecule has 0 bridgehead atoms. The van der Waals surface area contributed by atoms with Gasteiger partial charge in [-0.05, 0) is 24.0 Å². The number of carbonyl (C=O) groups is 5. The highest BCUT2D eigenvalue weighted by Crippen LogP contribution is 2.32. The van der Waals surface area contributed by atoms with Gasteiger partial charge in [0.2, 0.25) is 23.6 Å². The number of fused-ring (bicyclic) bond motifs is 1. The van der Waals surface area contributed by atoms with Crippen molar-refractivity contribution in [3.05, 3.63) is 35.7 Å². The van der Waals surface area contributed by atoms with Crippen LogP contribution >= 0.6 is 0 Å². The van der Waals surface area contributed by atoms with Crippen molar-refractivity contribution >= 4 is 35.3 Å². The van der Waals surface area contributed by atoms with E-state index in [1.807, 2.05) is 19.1 Å². The molecule has 14 heteroatoms. The van der Waals surface area contributed by atoms with E-state index in [-0.39, 0.29) is 31.8 Å². The highest BCUT2D eigenvalue weighted by atomic mass is 16.4. The number of nitrogens with zero attached hydrogens (tertiary/aromatic N) is 4. The third kappa shape index (κ3) is 7.58. The lowest BCUT2D eigenvalue weighted by Crippen LogP contribution is -2.54. The number of rotatable bonds is 13. The van der Waals surface area contributed by atoms with Gasteiger partial charge in [0, 0.05) is 18.5 Å². The van der Waals surface area contributed by atoms with E-state index >= 15 is 0 Å². The number of tetrazole rings is 1. The highest BCUT2D eigenvalue weighted by molar-refractivity contribution is 6.05. The summed E-state index contributed by atoms with van der Waals surface area (Å²) in [5, 5.41) is 30.4. The predicted molar refractivity (Wildman–Crippen MR) is 138 cm³/mol. The van der Waals surface area contributed by atoms with Gasteiger partial charge in [0.05, 0.1) is 19.0 Å². The molecule has 1 unspecified atom stereocenters. The molecule has 39 heavy (non-hydrogen) atoms. The Morgan fingerprint density at radius 3 is 2.56 bits per heavy atom. The van der Waals surface area contributed by atoms with Gasteiger partial charge in [-0.15, -0.1) is 10.2 Å². The van der Waals surface area contributed by atoms with Gasteiger partial charge in [0.15, 0.2) is 5.82 Å². The molecule has 0 saturated carbocycles. The van der Waals surface area contributed by atoms with Gasteiger partial charge in [-0.2, -0.15) is 5.21 Å². The topological polar surface area (TPSA) is 199 Å². The van der Waals surface area contributed by atoms with Gasteiger partial charge >= 0.3 is 5.97 Å². The Labute approximate surface area is 225 Å². The third-order valence-electron chi connectivity index (χ3n) is 6.81. The number of hydrogen-bond donors (Lipinski definition) is 5. The van der Waals surface area contributed by atoms with Crippen molar-refractivity contribution in [3.8, 4) is 0 Å². The first-order valence-electron chi connectivity index (χ1n) is 12.8. The fourth-order valence-corrected chi connectivity index (χ4v) is 4.22. The van der Waals surface area contributed by atoms with Crippen molar-refractivity contribution in [1.82, 2.24) is 36.6 Å². The Hall–Kier alpha value is -4.36. The molecule has 14 nitrogen and oxygen atoms in total. The average molecular weight is 543 g/mol. The molecule has 0 fully saturated rings. The molecule has 1 aromatic carbocycles. The zero-order valence-corrected chi connectivity index (χ0v) is 22.1. The van der Waals surface area contributed by atoms with E-state index < -0.39 is 47.6 Å². The van der Waals surface area contributed by atoms with Gasteiger partial charge in [0.25, 0.3) is 0 Å². The monoisotopic (exact) mass is 542 g/mol. The summed E-state index contributed by atoms with van der Waals surface area (Å²) in [5.74, 6) is -3.51. The Morgan fingerprint density at radius 1 is 1.15 bits per heavy atom. The molecule has 0 saturated heterocycles. The Bertz CT molecular complexity index is 1190. The Morgan fingerprint density at radius 2 is 1.90 bits per heavy atom. The van der Waals surface area contributed by atoms with Gasteiger partial charge in [-0.1, -0.05) is 50.6 Å². The summed E-state index contributed by atoms with van der Waals surface area (Å²) in [5.41, 5.74) is 1.40. The zero-order chi connectivity index (χ0) is 28.5. The number of benzene rings is 1. The number of para-hydroxylation sites is 1. The van der Waals surface area contributed by atoms with Crippen LogP contribution in [0.1, 0.15) is 51.4 Å². The van der Waals surface area contributed by atoms with E-state index in [1.54, 1.807) is 19.1 Å². The lowest BCUT2D eigenvalue weighted by Gasteiger charge is -2.27. The summed E-state index contributed by atoms with van der Waals surface area (Å²) >= 11 is 0. The van der Waals surface area contributed by atoms with Crippen LogP contribution in [0.3, 0.4) is 0 Å². The molecule has 4 atom stereocenters. The maximum absolute atomic E-state index is 13.3. The highest BCUT2D eigenvalue weighted by Gasteiger charge is 2.38. The van der Waals surface area contributed by atoms with Crippen LogP contribution in [0.5, 0.6) is 0 Å². The molecule has 210 valence electrons. The van der Waals surface area contributed by atoms with Crippen LogP contribution in [-0.4, -0.2) is 74.0 Å². The summed E-state index contributed by atoms with van der Waals surface area (Å²) in [7, 11) is 0. The van der Waals surface area contributed by atoms with Crippen LogP contribution < -0.4 is 20.9 Å². The molecule has 1 aliphatic rings. The van der Waals surface area contributed by atoms with Crippen LogP contribution in [-0.2, 0) is 36.9 Å². The first kappa shape index (κ1) is 29.2. The van der Waals surface area contributed by atoms with E-state index in [0.717, 1.165) is 5.56 Å². The van der Waals surface area contributed by atoms with E-state index in [2.05, 4.69) is 36.6 Å². The van der Waals surface area contributed by atoms with Gasteiger partial charge in [-0.3, -0.25) is 28.9 Å². The van der Waals surface area contributed by atoms with E-state index in [4.69, 9.17) is 5.11 Å². The minimum Gasteiger partial charge on any atom is -0.481 e. The van der Waals surface area contributed by atoms with Crippen molar-refractivity contribution in [2.75, 3.05) is 11.4 Å². The number of H-pyrrole nitrogens is 1. The van der Waals surface area contributed by atoms with E-state index in [9.17, 15) is 24.0 Å². The third-order valence-corrected chi connectivity index (χ3v) is 6.81. The number of aliphatic carboxylic acids is 1. The molecule has 1 aliphatic heterocycles. The number of carboxylic acid groups (broad SMARTS) is 1. The number of aromatic amines is 1. The molecule has 0 spiro atoms. The smallest absolute Gasteiger partial charge is 0.306 e. The maximum Gasteiger partial charge on any atom is 0.306 e. The Balaban J connectivity index is 1.65. The minimum absolute atomic E-state index is 0.0302. The van der Waals surface area contributed by atoms with Crippen LogP contribution in [0, 0.1) is 11.8 Å². The molecule has 3 rings (SSSR count). The zero-order valence-electron chi connectivity index (χ0n) is 22.1. The number of aromatic nitrogens is 4. The van der Waals surface area contributed by atoms with E-state index in [1.165, 1.54) is 11.8 Å². The largest absolute Gasteiger partial charge is 0.481 e. The lowest BCUT2D eigenvalue weighted by atomic mass is 9.97. The predicted octanol–water partition coefficient (Wildman–Crippen LogP) is -0.0782. The molecular formula is C25H34N8O6. The minimum atomic E-state index is -0.997. The summed E-state index contributed by atoms with van der Waals surface area (Å²) in [6, 6.07) is 5.41. The Kier molecular flexibility index (Phi) is 10.1. The second-order valence-corrected chi connectivity index (χ2v) is 9.58. The molecule has 2 aromatic rings. The first-order valence-corrected chi connectivity index (χ1v) is 12.8. The maximum atomic E-state index is 13.3. The van der Waals surface area contributed by atoms with Crippen LogP contribution in [0.4, 0.5) is 5.69 Å². The molecular weight excluding hydrogens is 508 g/mol. The van der Waals surface area contributed by atoms with Gasteiger partial charge < -0.3 is 21.1 Å². The number of amides is 4. The van der Waals surface area contributed by atoms with Crippen molar-refractivity contribution in [3.63, 3.8) is 0 Å². The summed E-state index contributed by atoms with van der Waals surface area (Å²) < 4.78 is 0. The normalized spacial score (nSPS) is 16.5.